The van der Waals surface area contributed by atoms with Gasteiger partial charge in [0.25, 0.3) is 0 Å². The third kappa shape index (κ3) is 8.64. The topological polar surface area (TPSA) is 46.2 Å². The SMILES string of the molecule is C=CC[C@@H]1O[C@H](COCc2ccccc2)[C@@H](OCc2ccccc2)[C@H](OCc2ccccc2)[C@H]1OC(=C)C(C)C. The van der Waals surface area contributed by atoms with Gasteiger partial charge in [0.2, 0.25) is 0 Å². The third-order valence-electron chi connectivity index (χ3n) is 7.02. The van der Waals surface area contributed by atoms with Gasteiger partial charge in [0.05, 0.1) is 32.2 Å². The molecule has 0 N–H and O–H groups in total. The third-order valence-corrected chi connectivity index (χ3v) is 7.02. The monoisotopic (exact) mass is 542 g/mol. The summed E-state index contributed by atoms with van der Waals surface area (Å²) in [6.07, 6.45) is 0.500. The standard InChI is InChI=1S/C35H42O5/c1-5-15-31-34(39-27(4)26(2)3)35(38-24-30-20-13-8-14-21-30)33(37-23-29-18-11-7-12-19-29)32(40-31)25-36-22-28-16-9-6-10-17-28/h5-14,16-21,26,31-35H,1,4,15,22-25H2,2-3H3/t31-,32+,33+,34-,35-/m0/s1. The molecular weight excluding hydrogens is 500 g/mol. The van der Waals surface area contributed by atoms with Crippen LogP contribution in [0.25, 0.3) is 0 Å². The number of hydrogen-bond donors (Lipinski definition) is 0. The molecule has 0 spiro atoms. The van der Waals surface area contributed by atoms with Crippen LogP contribution in [-0.2, 0) is 43.5 Å². The molecule has 0 aromatic heterocycles. The highest BCUT2D eigenvalue weighted by Gasteiger charge is 2.48. The van der Waals surface area contributed by atoms with Crippen molar-refractivity contribution in [2.75, 3.05) is 6.61 Å². The van der Waals surface area contributed by atoms with Gasteiger partial charge in [-0.1, -0.05) is 117 Å². The molecule has 212 valence electrons. The molecule has 0 amide bonds. The fraction of sp³-hybridized carbons (Fsp3) is 0.371. The van der Waals surface area contributed by atoms with Gasteiger partial charge < -0.3 is 23.7 Å². The van der Waals surface area contributed by atoms with Crippen molar-refractivity contribution in [2.45, 2.75) is 70.6 Å². The number of benzene rings is 3. The Labute approximate surface area is 239 Å². The van der Waals surface area contributed by atoms with Crippen LogP contribution in [0.4, 0.5) is 0 Å². The van der Waals surface area contributed by atoms with Crippen LogP contribution in [0, 0.1) is 5.92 Å². The lowest BCUT2D eigenvalue weighted by Crippen LogP contribution is -2.61. The highest BCUT2D eigenvalue weighted by Crippen LogP contribution is 2.33. The van der Waals surface area contributed by atoms with Crippen LogP contribution in [0.2, 0.25) is 0 Å². The molecular formula is C35H42O5. The van der Waals surface area contributed by atoms with E-state index in [-0.39, 0.29) is 18.1 Å². The van der Waals surface area contributed by atoms with Crippen molar-refractivity contribution in [1.29, 1.82) is 0 Å². The molecule has 3 aromatic rings. The summed E-state index contributed by atoms with van der Waals surface area (Å²) in [5, 5.41) is 0. The molecule has 0 aliphatic carbocycles. The maximum atomic E-state index is 6.67. The summed E-state index contributed by atoms with van der Waals surface area (Å²) in [6, 6.07) is 30.4. The van der Waals surface area contributed by atoms with Gasteiger partial charge in [-0.2, -0.15) is 0 Å². The number of rotatable bonds is 15. The van der Waals surface area contributed by atoms with Crippen LogP contribution >= 0.6 is 0 Å². The molecule has 1 saturated heterocycles. The van der Waals surface area contributed by atoms with E-state index in [0.29, 0.717) is 38.6 Å². The van der Waals surface area contributed by atoms with Crippen molar-refractivity contribution in [1.82, 2.24) is 0 Å². The van der Waals surface area contributed by atoms with E-state index in [9.17, 15) is 0 Å². The maximum absolute atomic E-state index is 6.67. The summed E-state index contributed by atoms with van der Waals surface area (Å²) in [5.74, 6) is 0.839. The minimum Gasteiger partial charge on any atom is -0.490 e. The Morgan fingerprint density at radius 2 is 1.23 bits per heavy atom. The van der Waals surface area contributed by atoms with Crippen LogP contribution < -0.4 is 0 Å². The second-order valence-corrected chi connectivity index (χ2v) is 10.5. The van der Waals surface area contributed by atoms with E-state index in [4.69, 9.17) is 23.7 Å². The molecule has 0 bridgehead atoms. The predicted octanol–water partition coefficient (Wildman–Crippen LogP) is 7.27. The van der Waals surface area contributed by atoms with Crippen LogP contribution in [0.15, 0.2) is 116 Å². The first kappa shape index (κ1) is 29.8. The van der Waals surface area contributed by atoms with Gasteiger partial charge >= 0.3 is 0 Å². The van der Waals surface area contributed by atoms with Crippen molar-refractivity contribution >= 4 is 0 Å². The fourth-order valence-corrected chi connectivity index (χ4v) is 4.72. The first-order valence-corrected chi connectivity index (χ1v) is 14.1. The Balaban J connectivity index is 1.61. The van der Waals surface area contributed by atoms with E-state index in [0.717, 1.165) is 16.7 Å². The Kier molecular flexibility index (Phi) is 11.6. The molecule has 4 rings (SSSR count). The number of ether oxygens (including phenoxy) is 5. The summed E-state index contributed by atoms with van der Waals surface area (Å²) in [6.45, 7) is 14.0. The molecule has 1 aliphatic heterocycles. The summed E-state index contributed by atoms with van der Waals surface area (Å²) in [4.78, 5) is 0. The van der Waals surface area contributed by atoms with Crippen molar-refractivity contribution in [3.8, 4) is 0 Å². The van der Waals surface area contributed by atoms with Gasteiger partial charge in [0.1, 0.15) is 24.4 Å². The Morgan fingerprint density at radius 3 is 1.73 bits per heavy atom. The van der Waals surface area contributed by atoms with Gasteiger partial charge in [0, 0.05) is 5.92 Å². The summed E-state index contributed by atoms with van der Waals surface area (Å²) in [7, 11) is 0. The van der Waals surface area contributed by atoms with Crippen LogP contribution in [0.5, 0.6) is 0 Å². The molecule has 5 nitrogen and oxygen atoms in total. The molecule has 0 unspecified atom stereocenters. The lowest BCUT2D eigenvalue weighted by atomic mass is 9.92. The lowest BCUT2D eigenvalue weighted by molar-refractivity contribution is -0.264. The van der Waals surface area contributed by atoms with Crippen molar-refractivity contribution in [2.24, 2.45) is 5.92 Å². The molecule has 5 atom stereocenters. The molecule has 0 radical (unpaired) electrons. The Hall–Kier alpha value is -3.22. The smallest absolute Gasteiger partial charge is 0.153 e. The van der Waals surface area contributed by atoms with Gasteiger partial charge in [0.15, 0.2) is 6.10 Å². The molecule has 40 heavy (non-hydrogen) atoms. The highest BCUT2D eigenvalue weighted by atomic mass is 16.6. The van der Waals surface area contributed by atoms with Crippen molar-refractivity contribution in [3.05, 3.63) is 133 Å². The normalized spacial score (nSPS) is 22.6. The average molecular weight is 543 g/mol. The average Bonchev–Trinajstić information content (AvgIpc) is 2.98. The second-order valence-electron chi connectivity index (χ2n) is 10.5. The zero-order valence-electron chi connectivity index (χ0n) is 23.7. The highest BCUT2D eigenvalue weighted by molar-refractivity contribution is 5.15. The fourth-order valence-electron chi connectivity index (χ4n) is 4.72. The first-order chi connectivity index (χ1) is 19.5. The Morgan fingerprint density at radius 1 is 0.725 bits per heavy atom. The summed E-state index contributed by atoms with van der Waals surface area (Å²) < 4.78 is 32.7. The van der Waals surface area contributed by atoms with Gasteiger partial charge in [-0.3, -0.25) is 0 Å². The van der Waals surface area contributed by atoms with E-state index >= 15 is 0 Å². The van der Waals surface area contributed by atoms with Crippen LogP contribution in [-0.4, -0.2) is 37.1 Å². The van der Waals surface area contributed by atoms with E-state index in [1.807, 2.05) is 60.7 Å². The van der Waals surface area contributed by atoms with Gasteiger partial charge in [-0.25, -0.2) is 0 Å². The molecule has 1 aliphatic rings. The predicted molar refractivity (Wildman–Crippen MR) is 158 cm³/mol. The molecule has 0 saturated carbocycles. The van der Waals surface area contributed by atoms with Crippen molar-refractivity contribution < 1.29 is 23.7 Å². The minimum absolute atomic E-state index is 0.148. The number of allylic oxidation sites excluding steroid dienone is 1. The van der Waals surface area contributed by atoms with Crippen molar-refractivity contribution in [3.63, 3.8) is 0 Å². The zero-order valence-corrected chi connectivity index (χ0v) is 23.7. The Bertz CT molecular complexity index is 1150. The largest absolute Gasteiger partial charge is 0.490 e. The maximum Gasteiger partial charge on any atom is 0.153 e. The van der Waals surface area contributed by atoms with E-state index in [1.165, 1.54) is 0 Å². The first-order valence-electron chi connectivity index (χ1n) is 14.1. The van der Waals surface area contributed by atoms with E-state index < -0.39 is 18.3 Å². The second kappa shape index (κ2) is 15.5. The molecule has 1 heterocycles. The molecule has 1 fully saturated rings. The van der Waals surface area contributed by atoms with Crippen LogP contribution in [0.1, 0.15) is 37.0 Å². The van der Waals surface area contributed by atoms with E-state index in [2.05, 4.69) is 63.4 Å². The lowest BCUT2D eigenvalue weighted by Gasteiger charge is -2.46. The summed E-state index contributed by atoms with van der Waals surface area (Å²) in [5.41, 5.74) is 3.26. The zero-order chi connectivity index (χ0) is 28.2. The van der Waals surface area contributed by atoms with Gasteiger partial charge in [-0.15, -0.1) is 6.58 Å². The molecule has 5 heteroatoms. The number of hydrogen-bond acceptors (Lipinski definition) is 5. The van der Waals surface area contributed by atoms with Crippen LogP contribution in [0.3, 0.4) is 0 Å². The molecule has 3 aromatic carbocycles. The summed E-state index contributed by atoms with van der Waals surface area (Å²) >= 11 is 0. The van der Waals surface area contributed by atoms with E-state index in [1.54, 1.807) is 0 Å². The quantitative estimate of drug-likeness (QED) is 0.149. The van der Waals surface area contributed by atoms with Gasteiger partial charge in [-0.05, 0) is 23.1 Å². The minimum atomic E-state index is -0.439.